The minimum absolute atomic E-state index is 0.0115. The van der Waals surface area contributed by atoms with Crippen molar-refractivity contribution in [3.63, 3.8) is 0 Å². The highest BCUT2D eigenvalue weighted by Gasteiger charge is 2.64. The van der Waals surface area contributed by atoms with Gasteiger partial charge in [0.05, 0.1) is 17.3 Å². The molecule has 8 N–H and O–H groups in total. The number of nitrogens with zero attached hydrogens (tertiary/aromatic N) is 2. The van der Waals surface area contributed by atoms with E-state index in [0.29, 0.717) is 11.3 Å². The van der Waals surface area contributed by atoms with E-state index in [1.54, 1.807) is 39.2 Å². The van der Waals surface area contributed by atoms with Crippen LogP contribution in [0.2, 0.25) is 0 Å². The number of amides is 1. The highest BCUT2D eigenvalue weighted by molar-refractivity contribution is 6.24. The van der Waals surface area contributed by atoms with Gasteiger partial charge < -0.3 is 36.8 Å². The number of rotatable bonds is 3. The van der Waals surface area contributed by atoms with E-state index in [1.165, 1.54) is 4.90 Å². The lowest BCUT2D eigenvalue weighted by molar-refractivity contribution is -0.153. The lowest BCUT2D eigenvalue weighted by Gasteiger charge is -2.50. The van der Waals surface area contributed by atoms with Crippen LogP contribution in [0.25, 0.3) is 5.76 Å². The molecule has 4 atom stereocenters. The Morgan fingerprint density at radius 1 is 1.15 bits per heavy atom. The number of nitrogen functional groups attached to an aromatic ring is 1. The van der Waals surface area contributed by atoms with E-state index < -0.39 is 63.8 Å². The number of likely N-dealkylation sites (N-methyl/N-ethyl adjacent to an activating group) is 1. The molecule has 1 fully saturated rings. The Morgan fingerprint density at radius 2 is 1.76 bits per heavy atom. The predicted octanol–water partition coefficient (Wildman–Crippen LogP) is -0.388. The van der Waals surface area contributed by atoms with Gasteiger partial charge in [0.25, 0.3) is 5.91 Å². The fraction of sp³-hybridized carbons (Fsp3) is 0.435. The van der Waals surface area contributed by atoms with Crippen LogP contribution in [0, 0.1) is 11.8 Å². The number of ketones is 2. The molecule has 4 rings (SSSR count). The van der Waals surface area contributed by atoms with Gasteiger partial charge in [-0.3, -0.25) is 19.3 Å². The number of carbonyl (C=O) groups is 3. The van der Waals surface area contributed by atoms with E-state index >= 15 is 0 Å². The van der Waals surface area contributed by atoms with Crippen molar-refractivity contribution in [1.82, 2.24) is 4.90 Å². The molecule has 11 nitrogen and oxygen atoms in total. The van der Waals surface area contributed by atoms with Gasteiger partial charge in [0.1, 0.15) is 22.8 Å². The molecule has 3 aliphatic rings. The highest BCUT2D eigenvalue weighted by Crippen LogP contribution is 2.54. The summed E-state index contributed by atoms with van der Waals surface area (Å²) < 4.78 is 0. The van der Waals surface area contributed by atoms with E-state index in [1.807, 2.05) is 0 Å². The van der Waals surface area contributed by atoms with Crippen LogP contribution in [0.3, 0.4) is 0 Å². The van der Waals surface area contributed by atoms with Crippen molar-refractivity contribution in [3.05, 3.63) is 34.1 Å². The maximum absolute atomic E-state index is 13.7. The zero-order chi connectivity index (χ0) is 25.4. The second-order valence-electron chi connectivity index (χ2n) is 9.54. The van der Waals surface area contributed by atoms with E-state index in [9.17, 15) is 34.8 Å². The van der Waals surface area contributed by atoms with Gasteiger partial charge >= 0.3 is 0 Å². The summed E-state index contributed by atoms with van der Waals surface area (Å²) in [7, 11) is 6.64. The van der Waals surface area contributed by atoms with Gasteiger partial charge in [-0.15, -0.1) is 0 Å². The molecule has 3 aliphatic carbocycles. The number of Topliss-reactive ketones (excluding diaryl/α,β-unsaturated/α-hetero) is 2. The number of aliphatic hydroxyl groups excluding tert-OH is 2. The Balaban J connectivity index is 2.01. The van der Waals surface area contributed by atoms with Crippen LogP contribution >= 0.6 is 0 Å². The maximum Gasteiger partial charge on any atom is 0.255 e. The van der Waals surface area contributed by atoms with Crippen LogP contribution in [-0.2, 0) is 20.8 Å². The van der Waals surface area contributed by atoms with Crippen LogP contribution in [0.5, 0.6) is 5.75 Å². The number of anilines is 2. The molecule has 0 aliphatic heterocycles. The number of phenolic OH excluding ortho intramolecular Hbond substituents is 1. The SMILES string of the molecule is CN(C)c1cc(N)c(O)c2c1CC1C[C@H]3[C@H](N(C)C)C(=O)C(C(N)=O)=C(O)[C@@]3(O)C(=O)C1=C2O. The molecule has 1 saturated carbocycles. The summed E-state index contributed by atoms with van der Waals surface area (Å²) in [4.78, 5) is 42.0. The van der Waals surface area contributed by atoms with Gasteiger partial charge in [0, 0.05) is 31.3 Å². The predicted molar refractivity (Wildman–Crippen MR) is 123 cm³/mol. The van der Waals surface area contributed by atoms with Crippen LogP contribution in [0.4, 0.5) is 11.4 Å². The highest BCUT2D eigenvalue weighted by atomic mass is 16.3. The molecule has 0 bridgehead atoms. The molecule has 0 saturated heterocycles. The van der Waals surface area contributed by atoms with Gasteiger partial charge in [-0.05, 0) is 44.5 Å². The minimum Gasteiger partial charge on any atom is -0.508 e. The molecule has 34 heavy (non-hydrogen) atoms. The first-order chi connectivity index (χ1) is 15.7. The van der Waals surface area contributed by atoms with E-state index in [0.717, 1.165) is 0 Å². The van der Waals surface area contributed by atoms with Gasteiger partial charge in [-0.1, -0.05) is 0 Å². The van der Waals surface area contributed by atoms with Crippen molar-refractivity contribution in [1.29, 1.82) is 0 Å². The Kier molecular flexibility index (Phi) is 5.18. The summed E-state index contributed by atoms with van der Waals surface area (Å²) in [5, 5.41) is 44.2. The molecule has 1 aromatic carbocycles. The van der Waals surface area contributed by atoms with Crippen LogP contribution in [-0.4, -0.2) is 82.6 Å². The van der Waals surface area contributed by atoms with Crippen molar-refractivity contribution >= 4 is 34.6 Å². The number of fused-ring (bicyclic) bond motifs is 3. The average molecular weight is 472 g/mol. The second kappa shape index (κ2) is 7.47. The number of benzene rings is 1. The molecule has 1 amide bonds. The first-order valence-corrected chi connectivity index (χ1v) is 10.7. The fourth-order valence-electron chi connectivity index (χ4n) is 5.71. The Hall–Kier alpha value is -3.57. The summed E-state index contributed by atoms with van der Waals surface area (Å²) >= 11 is 0. The summed E-state index contributed by atoms with van der Waals surface area (Å²) in [6.45, 7) is 0. The van der Waals surface area contributed by atoms with Crippen molar-refractivity contribution in [3.8, 4) is 5.75 Å². The average Bonchev–Trinajstić information content (AvgIpc) is 2.72. The third kappa shape index (κ3) is 2.86. The summed E-state index contributed by atoms with van der Waals surface area (Å²) in [6, 6.07) is 0.444. The van der Waals surface area contributed by atoms with Gasteiger partial charge in [0.2, 0.25) is 5.78 Å². The zero-order valence-electron chi connectivity index (χ0n) is 19.3. The Morgan fingerprint density at radius 3 is 2.29 bits per heavy atom. The minimum atomic E-state index is -2.66. The van der Waals surface area contributed by atoms with E-state index in [2.05, 4.69) is 0 Å². The molecule has 1 aromatic rings. The molecule has 11 heteroatoms. The number of primary amides is 1. The first kappa shape index (κ1) is 23.6. The molecule has 0 spiro atoms. The maximum atomic E-state index is 13.7. The topological polar surface area (TPSA) is 191 Å². The lowest BCUT2D eigenvalue weighted by atomic mass is 9.57. The second-order valence-corrected chi connectivity index (χ2v) is 9.54. The molecular formula is C23H28N4O7. The van der Waals surface area contributed by atoms with Crippen LogP contribution in [0.1, 0.15) is 17.5 Å². The van der Waals surface area contributed by atoms with Crippen molar-refractivity contribution in [2.24, 2.45) is 17.6 Å². The molecule has 0 radical (unpaired) electrons. The van der Waals surface area contributed by atoms with Gasteiger partial charge in [0.15, 0.2) is 11.4 Å². The summed E-state index contributed by atoms with van der Waals surface area (Å²) in [5.41, 5.74) is 8.68. The van der Waals surface area contributed by atoms with Crippen molar-refractivity contribution in [2.75, 3.05) is 38.8 Å². The largest absolute Gasteiger partial charge is 0.508 e. The number of phenols is 1. The van der Waals surface area contributed by atoms with Gasteiger partial charge in [-0.25, -0.2) is 0 Å². The third-order valence-corrected chi connectivity index (χ3v) is 7.21. The summed E-state index contributed by atoms with van der Waals surface area (Å²) in [6.07, 6.45) is 0.236. The molecule has 1 unspecified atom stereocenters. The molecule has 182 valence electrons. The number of hydrogen-bond donors (Lipinski definition) is 6. The third-order valence-electron chi connectivity index (χ3n) is 7.21. The first-order valence-electron chi connectivity index (χ1n) is 10.7. The monoisotopic (exact) mass is 472 g/mol. The Labute approximate surface area is 195 Å². The van der Waals surface area contributed by atoms with Crippen LogP contribution < -0.4 is 16.4 Å². The molecular weight excluding hydrogens is 444 g/mol. The van der Waals surface area contributed by atoms with E-state index in [-0.39, 0.29) is 29.7 Å². The lowest BCUT2D eigenvalue weighted by Crippen LogP contribution is -2.65. The number of aliphatic hydroxyl groups is 3. The summed E-state index contributed by atoms with van der Waals surface area (Å²) in [5.74, 6) is -6.95. The quantitative estimate of drug-likeness (QED) is 0.192. The van der Waals surface area contributed by atoms with Crippen molar-refractivity contribution in [2.45, 2.75) is 24.5 Å². The smallest absolute Gasteiger partial charge is 0.255 e. The number of hydrogen-bond acceptors (Lipinski definition) is 10. The normalized spacial score (nSPS) is 28.6. The molecule has 0 heterocycles. The molecule has 0 aromatic heterocycles. The number of nitrogens with two attached hydrogens (primary N) is 2. The van der Waals surface area contributed by atoms with E-state index in [4.69, 9.17) is 11.5 Å². The van der Waals surface area contributed by atoms with Gasteiger partial charge in [-0.2, -0.15) is 0 Å². The standard InChI is InChI=1S/C23H28N4O7/c1-26(2)12-7-11(24)17(28)14-9(12)5-8-6-10-16(27(3)4)19(30)15(22(25)33)21(32)23(10,34)20(31)13(8)18(14)29/h7-8,10,16,28-29,32,34H,5-6,24H2,1-4H3,(H2,25,33)/t8?,10-,16-,23-/m0/s1. The van der Waals surface area contributed by atoms with Crippen LogP contribution in [0.15, 0.2) is 23.0 Å². The zero-order valence-corrected chi connectivity index (χ0v) is 19.3. The fourth-order valence-corrected chi connectivity index (χ4v) is 5.71. The van der Waals surface area contributed by atoms with Crippen molar-refractivity contribution < 1.29 is 34.8 Å². The Bertz CT molecular complexity index is 1220. The number of carbonyl (C=O) groups excluding carboxylic acids is 3. The number of aromatic hydroxyl groups is 1.